The first-order valence-electron chi connectivity index (χ1n) is 6.80. The molecule has 0 radical (unpaired) electrons. The number of hydrogen-bond donors (Lipinski definition) is 0. The van der Waals surface area contributed by atoms with E-state index in [2.05, 4.69) is 0 Å². The van der Waals surface area contributed by atoms with Gasteiger partial charge in [0.1, 0.15) is 5.75 Å². The van der Waals surface area contributed by atoms with Gasteiger partial charge in [-0.05, 0) is 37.8 Å². The van der Waals surface area contributed by atoms with Crippen molar-refractivity contribution in [2.45, 2.75) is 49.1 Å². The maximum Gasteiger partial charge on any atom is 0.243 e. The second-order valence-electron chi connectivity index (χ2n) is 5.33. The Labute approximate surface area is 114 Å². The van der Waals surface area contributed by atoms with Gasteiger partial charge < -0.3 is 4.74 Å². The summed E-state index contributed by atoms with van der Waals surface area (Å²) < 4.78 is 32.5. The summed E-state index contributed by atoms with van der Waals surface area (Å²) in [6, 6.07) is 7.18. The van der Waals surface area contributed by atoms with E-state index in [1.54, 1.807) is 35.7 Å². The summed E-state index contributed by atoms with van der Waals surface area (Å²) in [5, 5.41) is 0. The average molecular weight is 281 g/mol. The van der Waals surface area contributed by atoms with Crippen LogP contribution in [0.25, 0.3) is 0 Å². The lowest BCUT2D eigenvalue weighted by atomic mass is 10.1. The molecule has 0 amide bonds. The Hall–Kier alpha value is -1.07. The minimum absolute atomic E-state index is 0.204. The molecule has 104 valence electrons. The summed E-state index contributed by atoms with van der Waals surface area (Å²) in [5.41, 5.74) is 0. The van der Waals surface area contributed by atoms with Crippen molar-refractivity contribution >= 4 is 10.0 Å². The third kappa shape index (κ3) is 2.15. The van der Waals surface area contributed by atoms with E-state index in [1.165, 1.54) is 0 Å². The topological polar surface area (TPSA) is 46.6 Å². The molecule has 0 saturated carbocycles. The molecule has 3 rings (SSSR count). The number of ether oxygens (including phenoxy) is 1. The van der Waals surface area contributed by atoms with Gasteiger partial charge in [0.15, 0.2) is 0 Å². The van der Waals surface area contributed by atoms with Crippen LogP contribution in [0.3, 0.4) is 0 Å². The lowest BCUT2D eigenvalue weighted by Crippen LogP contribution is -2.43. The van der Waals surface area contributed by atoms with Crippen molar-refractivity contribution in [1.82, 2.24) is 4.31 Å². The normalized spacial score (nSPS) is 27.4. The minimum atomic E-state index is -3.38. The molecule has 0 aromatic heterocycles. The Morgan fingerprint density at radius 3 is 2.47 bits per heavy atom. The standard InChI is InChI=1S/C14H19NO3S/c1-18-13-6-3-7-14(10-13)19(16,17)15-11-4-2-5-12(15)9-8-11/h3,6-7,10-12H,2,4-5,8-9H2,1H3. The fourth-order valence-corrected chi connectivity index (χ4v) is 5.31. The minimum Gasteiger partial charge on any atom is -0.497 e. The Morgan fingerprint density at radius 2 is 1.84 bits per heavy atom. The smallest absolute Gasteiger partial charge is 0.243 e. The molecule has 0 spiro atoms. The summed E-state index contributed by atoms with van der Waals surface area (Å²) in [6.45, 7) is 0. The number of benzene rings is 1. The fourth-order valence-electron chi connectivity index (χ4n) is 3.35. The van der Waals surface area contributed by atoms with Crippen LogP contribution in [-0.4, -0.2) is 31.9 Å². The van der Waals surface area contributed by atoms with Gasteiger partial charge in [0, 0.05) is 18.2 Å². The molecule has 4 nitrogen and oxygen atoms in total. The fraction of sp³-hybridized carbons (Fsp3) is 0.571. The van der Waals surface area contributed by atoms with Crippen molar-refractivity contribution in [3.63, 3.8) is 0 Å². The number of rotatable bonds is 3. The quantitative estimate of drug-likeness (QED) is 0.854. The number of fused-ring (bicyclic) bond motifs is 2. The zero-order chi connectivity index (χ0) is 13.5. The first-order valence-corrected chi connectivity index (χ1v) is 8.24. The highest BCUT2D eigenvalue weighted by molar-refractivity contribution is 7.89. The second kappa shape index (κ2) is 4.80. The first kappa shape index (κ1) is 12.9. The monoisotopic (exact) mass is 281 g/mol. The van der Waals surface area contributed by atoms with Crippen LogP contribution in [0.1, 0.15) is 32.1 Å². The molecule has 2 unspecified atom stereocenters. The lowest BCUT2D eigenvalue weighted by Gasteiger charge is -2.33. The number of piperidine rings is 1. The summed E-state index contributed by atoms with van der Waals surface area (Å²) in [7, 11) is -1.83. The largest absolute Gasteiger partial charge is 0.497 e. The van der Waals surface area contributed by atoms with E-state index in [9.17, 15) is 8.42 Å². The highest BCUT2D eigenvalue weighted by Crippen LogP contribution is 2.39. The summed E-state index contributed by atoms with van der Waals surface area (Å²) in [4.78, 5) is 0.352. The van der Waals surface area contributed by atoms with Gasteiger partial charge in [-0.25, -0.2) is 8.42 Å². The third-order valence-electron chi connectivity index (χ3n) is 4.24. The number of hydrogen-bond acceptors (Lipinski definition) is 3. The zero-order valence-electron chi connectivity index (χ0n) is 11.1. The molecule has 1 aromatic carbocycles. The van der Waals surface area contributed by atoms with Crippen LogP contribution >= 0.6 is 0 Å². The van der Waals surface area contributed by atoms with Gasteiger partial charge in [-0.3, -0.25) is 0 Å². The van der Waals surface area contributed by atoms with Crippen LogP contribution in [0.2, 0.25) is 0 Å². The highest BCUT2D eigenvalue weighted by Gasteiger charge is 2.44. The van der Waals surface area contributed by atoms with Crippen molar-refractivity contribution < 1.29 is 13.2 Å². The Morgan fingerprint density at radius 1 is 1.16 bits per heavy atom. The van der Waals surface area contributed by atoms with Gasteiger partial charge >= 0.3 is 0 Å². The average Bonchev–Trinajstić information content (AvgIpc) is 2.70. The number of nitrogens with zero attached hydrogens (tertiary/aromatic N) is 1. The molecule has 2 bridgehead atoms. The maximum absolute atomic E-state index is 12.8. The van der Waals surface area contributed by atoms with Crippen molar-refractivity contribution in [2.24, 2.45) is 0 Å². The van der Waals surface area contributed by atoms with Crippen LogP contribution in [0.5, 0.6) is 5.75 Å². The number of sulfonamides is 1. The molecule has 1 aromatic rings. The van der Waals surface area contributed by atoms with Crippen LogP contribution in [-0.2, 0) is 10.0 Å². The predicted octanol–water partition coefficient (Wildman–Crippen LogP) is 2.40. The van der Waals surface area contributed by atoms with E-state index in [0.717, 1.165) is 32.1 Å². The van der Waals surface area contributed by atoms with E-state index in [0.29, 0.717) is 10.6 Å². The molecular formula is C14H19NO3S. The molecule has 0 N–H and O–H groups in total. The van der Waals surface area contributed by atoms with E-state index >= 15 is 0 Å². The molecule has 19 heavy (non-hydrogen) atoms. The van der Waals surface area contributed by atoms with E-state index in [4.69, 9.17) is 4.74 Å². The molecule has 2 aliphatic heterocycles. The van der Waals surface area contributed by atoms with Crippen LogP contribution in [0, 0.1) is 0 Å². The van der Waals surface area contributed by atoms with Crippen LogP contribution in [0.4, 0.5) is 0 Å². The van der Waals surface area contributed by atoms with Crippen LogP contribution < -0.4 is 4.74 Å². The van der Waals surface area contributed by atoms with Crippen molar-refractivity contribution in [3.8, 4) is 5.75 Å². The van der Waals surface area contributed by atoms with Crippen LogP contribution in [0.15, 0.2) is 29.2 Å². The van der Waals surface area contributed by atoms with Gasteiger partial charge in [-0.1, -0.05) is 12.5 Å². The van der Waals surface area contributed by atoms with Gasteiger partial charge in [0.25, 0.3) is 0 Å². The molecule has 2 heterocycles. The molecule has 0 aliphatic carbocycles. The Kier molecular flexibility index (Phi) is 3.27. The third-order valence-corrected chi connectivity index (χ3v) is 6.25. The van der Waals surface area contributed by atoms with Crippen molar-refractivity contribution in [1.29, 1.82) is 0 Å². The SMILES string of the molecule is COc1cccc(S(=O)(=O)N2C3CCCC2CC3)c1. The second-order valence-corrected chi connectivity index (χ2v) is 7.17. The van der Waals surface area contributed by atoms with Gasteiger partial charge in [0.05, 0.1) is 12.0 Å². The predicted molar refractivity (Wildman–Crippen MR) is 72.7 cm³/mol. The number of methoxy groups -OCH3 is 1. The molecule has 2 fully saturated rings. The summed E-state index contributed by atoms with van der Waals surface area (Å²) >= 11 is 0. The zero-order valence-corrected chi connectivity index (χ0v) is 11.9. The summed E-state index contributed by atoms with van der Waals surface area (Å²) in [5.74, 6) is 0.588. The molecule has 2 atom stereocenters. The van der Waals surface area contributed by atoms with E-state index < -0.39 is 10.0 Å². The maximum atomic E-state index is 12.8. The highest BCUT2D eigenvalue weighted by atomic mass is 32.2. The van der Waals surface area contributed by atoms with Gasteiger partial charge in [-0.15, -0.1) is 0 Å². The van der Waals surface area contributed by atoms with E-state index in [1.807, 2.05) is 0 Å². The molecule has 5 heteroatoms. The van der Waals surface area contributed by atoms with Crippen molar-refractivity contribution in [2.75, 3.05) is 7.11 Å². The Bertz CT molecular complexity index is 554. The molecule has 2 aliphatic rings. The van der Waals surface area contributed by atoms with Gasteiger partial charge in [-0.2, -0.15) is 4.31 Å². The summed E-state index contributed by atoms with van der Waals surface area (Å²) in [6.07, 6.45) is 5.17. The van der Waals surface area contributed by atoms with Gasteiger partial charge in [0.2, 0.25) is 10.0 Å². The van der Waals surface area contributed by atoms with E-state index in [-0.39, 0.29) is 12.1 Å². The lowest BCUT2D eigenvalue weighted by molar-refractivity contribution is 0.248. The first-order chi connectivity index (χ1) is 9.13. The Balaban J connectivity index is 1.98. The molecular weight excluding hydrogens is 262 g/mol. The van der Waals surface area contributed by atoms with Crippen molar-refractivity contribution in [3.05, 3.63) is 24.3 Å². The molecule has 2 saturated heterocycles.